The Labute approximate surface area is 129 Å². The van der Waals surface area contributed by atoms with Gasteiger partial charge < -0.3 is 0 Å². The Hall–Kier alpha value is -1.12. The van der Waals surface area contributed by atoms with Crippen molar-refractivity contribution in [3.63, 3.8) is 0 Å². The normalized spacial score (nSPS) is 23.6. The van der Waals surface area contributed by atoms with E-state index in [-0.39, 0.29) is 5.92 Å². The van der Waals surface area contributed by atoms with E-state index < -0.39 is 0 Å². The van der Waals surface area contributed by atoms with Crippen molar-refractivity contribution in [1.29, 1.82) is 0 Å². The number of Topliss-reactive ketones (excluding diaryl/α,β-unsaturated/α-hetero) is 1. The van der Waals surface area contributed by atoms with Crippen LogP contribution in [0.2, 0.25) is 0 Å². The summed E-state index contributed by atoms with van der Waals surface area (Å²) in [6.45, 7) is 12.0. The fourth-order valence-electron chi connectivity index (χ4n) is 3.48. The molecule has 1 aliphatic carbocycles. The lowest BCUT2D eigenvalue weighted by molar-refractivity contribution is -0.126. The maximum atomic E-state index is 12.3. The molecule has 1 heterocycles. The second-order valence-corrected chi connectivity index (χ2v) is 7.50. The summed E-state index contributed by atoms with van der Waals surface area (Å²) in [4.78, 5) is 12.3. The molecule has 1 saturated carbocycles. The fourth-order valence-corrected chi connectivity index (χ4v) is 3.48. The molecule has 0 radical (unpaired) electrons. The SMILES string of the molecule is CCc1cc(CC2CC(C(C)(C)C)CCC2=O)n(CC)n1. The van der Waals surface area contributed by atoms with E-state index in [0.717, 1.165) is 44.3 Å². The van der Waals surface area contributed by atoms with Gasteiger partial charge in [-0.1, -0.05) is 27.7 Å². The summed E-state index contributed by atoms with van der Waals surface area (Å²) in [7, 11) is 0. The molecular weight excluding hydrogens is 260 g/mol. The minimum absolute atomic E-state index is 0.190. The fraction of sp³-hybridized carbons (Fsp3) is 0.778. The lowest BCUT2D eigenvalue weighted by Gasteiger charge is -2.37. The first-order chi connectivity index (χ1) is 9.85. The van der Waals surface area contributed by atoms with Gasteiger partial charge in [-0.3, -0.25) is 9.48 Å². The second-order valence-electron chi connectivity index (χ2n) is 7.50. The first-order valence-electron chi connectivity index (χ1n) is 8.43. The van der Waals surface area contributed by atoms with Crippen LogP contribution in [0.1, 0.15) is 65.3 Å². The van der Waals surface area contributed by atoms with Gasteiger partial charge >= 0.3 is 0 Å². The molecule has 0 spiro atoms. The summed E-state index contributed by atoms with van der Waals surface area (Å²) in [5.74, 6) is 1.30. The zero-order valence-electron chi connectivity index (χ0n) is 14.3. The zero-order valence-corrected chi connectivity index (χ0v) is 14.3. The van der Waals surface area contributed by atoms with Gasteiger partial charge in [0.2, 0.25) is 0 Å². The summed E-state index contributed by atoms with van der Waals surface area (Å²) in [6, 6.07) is 2.19. The number of rotatable bonds is 4. The smallest absolute Gasteiger partial charge is 0.136 e. The molecule has 118 valence electrons. The lowest BCUT2D eigenvalue weighted by atomic mass is 9.68. The highest BCUT2D eigenvalue weighted by molar-refractivity contribution is 5.82. The average Bonchev–Trinajstić information content (AvgIpc) is 2.82. The summed E-state index contributed by atoms with van der Waals surface area (Å²) >= 11 is 0. The molecular formula is C18H30N2O. The Morgan fingerprint density at radius 2 is 2.05 bits per heavy atom. The molecule has 1 fully saturated rings. The van der Waals surface area contributed by atoms with Crippen LogP contribution < -0.4 is 0 Å². The molecule has 2 atom stereocenters. The van der Waals surface area contributed by atoms with Crippen LogP contribution in [0.15, 0.2) is 6.07 Å². The highest BCUT2D eigenvalue weighted by Gasteiger charge is 2.35. The van der Waals surface area contributed by atoms with Crippen LogP contribution >= 0.6 is 0 Å². The maximum Gasteiger partial charge on any atom is 0.136 e. The molecule has 0 amide bonds. The predicted molar refractivity (Wildman–Crippen MR) is 86.3 cm³/mol. The predicted octanol–water partition coefficient (Wildman–Crippen LogP) is 4.04. The third kappa shape index (κ3) is 3.75. The first-order valence-corrected chi connectivity index (χ1v) is 8.43. The highest BCUT2D eigenvalue weighted by atomic mass is 16.1. The van der Waals surface area contributed by atoms with E-state index in [9.17, 15) is 4.79 Å². The minimum Gasteiger partial charge on any atom is -0.299 e. The van der Waals surface area contributed by atoms with E-state index in [4.69, 9.17) is 0 Å². The number of aromatic nitrogens is 2. The van der Waals surface area contributed by atoms with Crippen LogP contribution in [-0.2, 0) is 24.2 Å². The zero-order chi connectivity index (χ0) is 15.6. The molecule has 1 aromatic rings. The molecule has 2 rings (SSSR count). The summed E-state index contributed by atoms with van der Waals surface area (Å²) < 4.78 is 2.08. The molecule has 0 aromatic carbocycles. The molecule has 1 aliphatic rings. The third-order valence-electron chi connectivity index (χ3n) is 5.02. The molecule has 0 saturated heterocycles. The molecule has 2 unspecified atom stereocenters. The van der Waals surface area contributed by atoms with Crippen LogP contribution in [-0.4, -0.2) is 15.6 Å². The monoisotopic (exact) mass is 290 g/mol. The van der Waals surface area contributed by atoms with Gasteiger partial charge in [-0.25, -0.2) is 0 Å². The van der Waals surface area contributed by atoms with Crippen LogP contribution in [0.25, 0.3) is 0 Å². The Bertz CT molecular complexity index is 496. The van der Waals surface area contributed by atoms with Crippen molar-refractivity contribution in [2.45, 2.75) is 73.3 Å². The van der Waals surface area contributed by atoms with E-state index in [1.807, 2.05) is 0 Å². The molecule has 21 heavy (non-hydrogen) atoms. The van der Waals surface area contributed by atoms with E-state index in [0.29, 0.717) is 17.1 Å². The molecule has 3 heteroatoms. The molecule has 1 aromatic heterocycles. The molecule has 0 aliphatic heterocycles. The topological polar surface area (TPSA) is 34.9 Å². The van der Waals surface area contributed by atoms with Gasteiger partial charge in [0.05, 0.1) is 5.69 Å². The number of carbonyl (C=O) groups excluding carboxylic acids is 1. The number of hydrogen-bond donors (Lipinski definition) is 0. The number of aryl methyl sites for hydroxylation is 2. The van der Waals surface area contributed by atoms with Gasteiger partial charge in [0.25, 0.3) is 0 Å². The summed E-state index contributed by atoms with van der Waals surface area (Å²) in [6.07, 6.45) is 4.69. The van der Waals surface area contributed by atoms with Crippen LogP contribution in [0.5, 0.6) is 0 Å². The van der Waals surface area contributed by atoms with Gasteiger partial charge in [-0.05, 0) is 50.0 Å². The van der Waals surface area contributed by atoms with Crippen molar-refractivity contribution < 1.29 is 4.79 Å². The Morgan fingerprint density at radius 1 is 1.33 bits per heavy atom. The quantitative estimate of drug-likeness (QED) is 0.839. The van der Waals surface area contributed by atoms with E-state index in [1.165, 1.54) is 5.69 Å². The first kappa shape index (κ1) is 16.3. The van der Waals surface area contributed by atoms with Gasteiger partial charge in [-0.2, -0.15) is 5.10 Å². The number of carbonyl (C=O) groups is 1. The Kier molecular flexibility index (Phi) is 4.90. The third-order valence-corrected chi connectivity index (χ3v) is 5.02. The minimum atomic E-state index is 0.190. The number of nitrogens with zero attached hydrogens (tertiary/aromatic N) is 2. The maximum absolute atomic E-state index is 12.3. The van der Waals surface area contributed by atoms with E-state index in [2.05, 4.69) is 50.5 Å². The van der Waals surface area contributed by atoms with E-state index in [1.54, 1.807) is 0 Å². The van der Waals surface area contributed by atoms with Crippen LogP contribution in [0, 0.1) is 17.3 Å². The van der Waals surface area contributed by atoms with Gasteiger partial charge in [0.15, 0.2) is 0 Å². The molecule has 0 N–H and O–H groups in total. The van der Waals surface area contributed by atoms with Crippen LogP contribution in [0.3, 0.4) is 0 Å². The lowest BCUT2D eigenvalue weighted by Crippen LogP contribution is -2.33. The van der Waals surface area contributed by atoms with Crippen molar-refractivity contribution in [3.8, 4) is 0 Å². The Balaban J connectivity index is 2.13. The van der Waals surface area contributed by atoms with Crippen molar-refractivity contribution in [2.75, 3.05) is 0 Å². The standard InChI is InChI=1S/C18H30N2O/c1-6-15-12-16(20(7-2)19-15)11-13-10-14(18(3,4)5)8-9-17(13)21/h12-14H,6-11H2,1-5H3. The number of ketones is 1. The highest BCUT2D eigenvalue weighted by Crippen LogP contribution is 2.39. The summed E-state index contributed by atoms with van der Waals surface area (Å²) in [5, 5.41) is 4.61. The molecule has 3 nitrogen and oxygen atoms in total. The van der Waals surface area contributed by atoms with Gasteiger partial charge in [-0.15, -0.1) is 0 Å². The molecule has 0 bridgehead atoms. The van der Waals surface area contributed by atoms with Crippen molar-refractivity contribution in [1.82, 2.24) is 9.78 Å². The average molecular weight is 290 g/mol. The number of hydrogen-bond acceptors (Lipinski definition) is 2. The largest absolute Gasteiger partial charge is 0.299 e. The Morgan fingerprint density at radius 3 is 2.62 bits per heavy atom. The van der Waals surface area contributed by atoms with E-state index >= 15 is 0 Å². The van der Waals surface area contributed by atoms with Gasteiger partial charge in [0.1, 0.15) is 5.78 Å². The van der Waals surface area contributed by atoms with Crippen molar-refractivity contribution in [2.24, 2.45) is 17.3 Å². The van der Waals surface area contributed by atoms with Gasteiger partial charge in [0, 0.05) is 24.6 Å². The van der Waals surface area contributed by atoms with Crippen molar-refractivity contribution in [3.05, 3.63) is 17.5 Å². The van der Waals surface area contributed by atoms with Crippen LogP contribution in [0.4, 0.5) is 0 Å². The second kappa shape index (κ2) is 6.33. The summed E-state index contributed by atoms with van der Waals surface area (Å²) in [5.41, 5.74) is 2.68. The van der Waals surface area contributed by atoms with Crippen molar-refractivity contribution >= 4 is 5.78 Å².